The van der Waals surface area contributed by atoms with Crippen LogP contribution >= 0.6 is 23.2 Å². The van der Waals surface area contributed by atoms with Gasteiger partial charge in [-0.3, -0.25) is 4.79 Å². The highest BCUT2D eigenvalue weighted by molar-refractivity contribution is 6.31. The zero-order valence-corrected chi connectivity index (χ0v) is 23.5. The lowest BCUT2D eigenvalue weighted by atomic mass is 9.65. The van der Waals surface area contributed by atoms with E-state index in [0.29, 0.717) is 41.8 Å². The number of likely N-dealkylation sites (tertiary alicyclic amines) is 1. The summed E-state index contributed by atoms with van der Waals surface area (Å²) in [5, 5.41) is 7.30. The highest BCUT2D eigenvalue weighted by Gasteiger charge is 2.53. The lowest BCUT2D eigenvalue weighted by Crippen LogP contribution is -2.52. The van der Waals surface area contributed by atoms with Crippen LogP contribution in [-0.2, 0) is 16.6 Å². The van der Waals surface area contributed by atoms with Gasteiger partial charge in [0.2, 0.25) is 5.91 Å². The molecule has 0 aromatic heterocycles. The normalized spacial score (nSPS) is 20.3. The van der Waals surface area contributed by atoms with Crippen LogP contribution in [0.5, 0.6) is 5.75 Å². The number of amides is 3. The summed E-state index contributed by atoms with van der Waals surface area (Å²) in [6.07, 6.45) is 4.18. The standard InChI is InChI=1S/C31H33Cl2N3O3/c1-2-3-16-39-26-12-10-25(11-13-26)34-30(38)36-15-5-7-22(20-36)31(19-21-6-4-8-23(32)17-21)27-14-9-24(33)18-28(27)35-29(31)37/h4,6,8-14,17-18,22H,2-3,5,7,15-16,19-20H2,1H3,(H,34,38)(H,35,37). The highest BCUT2D eigenvalue weighted by Crippen LogP contribution is 2.49. The van der Waals surface area contributed by atoms with E-state index in [2.05, 4.69) is 17.6 Å². The summed E-state index contributed by atoms with van der Waals surface area (Å²) >= 11 is 12.6. The number of urea groups is 1. The molecule has 3 amide bonds. The van der Waals surface area contributed by atoms with Gasteiger partial charge in [-0.15, -0.1) is 0 Å². The van der Waals surface area contributed by atoms with Crippen molar-refractivity contribution in [2.75, 3.05) is 30.3 Å². The van der Waals surface area contributed by atoms with Crippen molar-refractivity contribution < 1.29 is 14.3 Å². The molecule has 2 heterocycles. The van der Waals surface area contributed by atoms with Crippen molar-refractivity contribution in [2.24, 2.45) is 5.92 Å². The van der Waals surface area contributed by atoms with E-state index < -0.39 is 5.41 Å². The van der Waals surface area contributed by atoms with Gasteiger partial charge in [-0.1, -0.05) is 54.7 Å². The van der Waals surface area contributed by atoms with Gasteiger partial charge in [-0.25, -0.2) is 4.79 Å². The van der Waals surface area contributed by atoms with E-state index >= 15 is 0 Å². The third kappa shape index (κ3) is 5.87. The molecule has 2 aliphatic rings. The summed E-state index contributed by atoms with van der Waals surface area (Å²) in [5.41, 5.74) is 2.49. The minimum Gasteiger partial charge on any atom is -0.494 e. The molecule has 0 bridgehead atoms. The Morgan fingerprint density at radius 3 is 2.67 bits per heavy atom. The fourth-order valence-corrected chi connectivity index (χ4v) is 6.18. The smallest absolute Gasteiger partial charge is 0.321 e. The second-order valence-corrected chi connectivity index (χ2v) is 11.2. The zero-order chi connectivity index (χ0) is 27.4. The number of ether oxygens (including phenoxy) is 1. The number of fused-ring (bicyclic) bond motifs is 1. The Morgan fingerprint density at radius 1 is 1.10 bits per heavy atom. The number of halogens is 2. The van der Waals surface area contributed by atoms with Crippen molar-refractivity contribution in [2.45, 2.75) is 44.4 Å². The van der Waals surface area contributed by atoms with Gasteiger partial charge in [0.1, 0.15) is 5.75 Å². The lowest BCUT2D eigenvalue weighted by Gasteiger charge is -2.42. The van der Waals surface area contributed by atoms with Gasteiger partial charge >= 0.3 is 6.03 Å². The molecule has 6 nitrogen and oxygen atoms in total. The number of unbranched alkanes of at least 4 members (excludes halogenated alkanes) is 1. The summed E-state index contributed by atoms with van der Waals surface area (Å²) in [7, 11) is 0. The summed E-state index contributed by atoms with van der Waals surface area (Å²) in [5.74, 6) is 0.631. The molecule has 0 aliphatic carbocycles. The average molecular weight is 567 g/mol. The van der Waals surface area contributed by atoms with Crippen LogP contribution in [0.1, 0.15) is 43.7 Å². The number of benzene rings is 3. The summed E-state index contributed by atoms with van der Waals surface area (Å²) < 4.78 is 5.73. The first-order chi connectivity index (χ1) is 18.9. The number of carbonyl (C=O) groups is 2. The van der Waals surface area contributed by atoms with Crippen LogP contribution in [0.3, 0.4) is 0 Å². The van der Waals surface area contributed by atoms with Crippen molar-refractivity contribution in [1.82, 2.24) is 4.90 Å². The second kappa shape index (κ2) is 11.9. The maximum atomic E-state index is 13.8. The van der Waals surface area contributed by atoms with Gasteiger partial charge in [-0.05, 0) is 91.3 Å². The Kier molecular flexibility index (Phi) is 8.34. The number of carbonyl (C=O) groups excluding carboxylic acids is 2. The van der Waals surface area contributed by atoms with Gasteiger partial charge in [0, 0.05) is 34.5 Å². The summed E-state index contributed by atoms with van der Waals surface area (Å²) in [4.78, 5) is 29.0. The molecule has 2 unspecified atom stereocenters. The van der Waals surface area contributed by atoms with Gasteiger partial charge in [-0.2, -0.15) is 0 Å². The molecule has 1 saturated heterocycles. The quantitative estimate of drug-likeness (QED) is 0.277. The Morgan fingerprint density at radius 2 is 1.90 bits per heavy atom. The Labute approximate surface area is 239 Å². The van der Waals surface area contributed by atoms with E-state index in [1.165, 1.54) is 0 Å². The van der Waals surface area contributed by atoms with E-state index in [1.807, 2.05) is 65.6 Å². The maximum Gasteiger partial charge on any atom is 0.321 e. The second-order valence-electron chi connectivity index (χ2n) is 10.4. The molecule has 8 heteroatoms. The first-order valence-corrected chi connectivity index (χ1v) is 14.3. The van der Waals surface area contributed by atoms with E-state index in [0.717, 1.165) is 48.2 Å². The van der Waals surface area contributed by atoms with Crippen molar-refractivity contribution in [3.05, 3.63) is 87.9 Å². The molecule has 39 heavy (non-hydrogen) atoms. The van der Waals surface area contributed by atoms with Gasteiger partial charge in [0.15, 0.2) is 0 Å². The Balaban J connectivity index is 1.37. The number of hydrogen-bond donors (Lipinski definition) is 2. The van der Waals surface area contributed by atoms with E-state index in [9.17, 15) is 9.59 Å². The zero-order valence-electron chi connectivity index (χ0n) is 22.0. The molecule has 0 saturated carbocycles. The van der Waals surface area contributed by atoms with Crippen LogP contribution in [0.2, 0.25) is 10.0 Å². The van der Waals surface area contributed by atoms with E-state index in [1.54, 1.807) is 6.07 Å². The SMILES string of the molecule is CCCCOc1ccc(NC(=O)N2CCCC(C3(Cc4cccc(Cl)c4)C(=O)Nc4cc(Cl)ccc43)C2)cc1. The van der Waals surface area contributed by atoms with Crippen LogP contribution in [0, 0.1) is 5.92 Å². The third-order valence-corrected chi connectivity index (χ3v) is 8.24. The molecular formula is C31H33Cl2N3O3. The van der Waals surface area contributed by atoms with Gasteiger partial charge < -0.3 is 20.3 Å². The van der Waals surface area contributed by atoms with Crippen LogP contribution in [0.25, 0.3) is 0 Å². The Hall–Kier alpha value is -3.22. The predicted molar refractivity (Wildman–Crippen MR) is 157 cm³/mol. The van der Waals surface area contributed by atoms with E-state index in [4.69, 9.17) is 27.9 Å². The number of nitrogens with one attached hydrogen (secondary N) is 2. The number of piperidine rings is 1. The van der Waals surface area contributed by atoms with Crippen LogP contribution in [0.15, 0.2) is 66.7 Å². The fourth-order valence-electron chi connectivity index (χ4n) is 5.79. The van der Waals surface area contributed by atoms with Crippen LogP contribution in [-0.4, -0.2) is 36.5 Å². The van der Waals surface area contributed by atoms with E-state index in [-0.39, 0.29) is 17.9 Å². The van der Waals surface area contributed by atoms with Gasteiger partial charge in [0.05, 0.1) is 12.0 Å². The molecule has 2 aliphatic heterocycles. The third-order valence-electron chi connectivity index (χ3n) is 7.77. The van der Waals surface area contributed by atoms with Crippen molar-refractivity contribution in [1.29, 1.82) is 0 Å². The molecule has 2 atom stereocenters. The molecule has 0 radical (unpaired) electrons. The minimum absolute atomic E-state index is 0.0642. The first-order valence-electron chi connectivity index (χ1n) is 13.5. The Bertz CT molecular complexity index is 1350. The maximum absolute atomic E-state index is 13.8. The molecule has 3 aromatic carbocycles. The molecule has 2 N–H and O–H groups in total. The largest absolute Gasteiger partial charge is 0.494 e. The fraction of sp³-hybridized carbons (Fsp3) is 0.355. The summed E-state index contributed by atoms with van der Waals surface area (Å²) in [6.45, 7) is 3.89. The number of anilines is 2. The van der Waals surface area contributed by atoms with Crippen LogP contribution < -0.4 is 15.4 Å². The molecule has 1 fully saturated rings. The molecule has 5 rings (SSSR count). The monoisotopic (exact) mass is 565 g/mol. The lowest BCUT2D eigenvalue weighted by molar-refractivity contribution is -0.123. The van der Waals surface area contributed by atoms with Gasteiger partial charge in [0.25, 0.3) is 0 Å². The number of nitrogens with zero attached hydrogens (tertiary/aromatic N) is 1. The van der Waals surface area contributed by atoms with Crippen molar-refractivity contribution in [3.63, 3.8) is 0 Å². The predicted octanol–water partition coefficient (Wildman–Crippen LogP) is 7.55. The number of hydrogen-bond acceptors (Lipinski definition) is 3. The van der Waals surface area contributed by atoms with Crippen molar-refractivity contribution >= 4 is 46.5 Å². The summed E-state index contributed by atoms with van der Waals surface area (Å²) in [6, 6.07) is 20.5. The first kappa shape index (κ1) is 27.4. The van der Waals surface area contributed by atoms with Crippen molar-refractivity contribution in [3.8, 4) is 5.75 Å². The molecule has 204 valence electrons. The molecular weight excluding hydrogens is 533 g/mol. The van der Waals surface area contributed by atoms with Crippen LogP contribution in [0.4, 0.5) is 16.2 Å². The molecule has 0 spiro atoms. The molecule has 3 aromatic rings. The number of rotatable bonds is 8. The minimum atomic E-state index is -0.846. The highest BCUT2D eigenvalue weighted by atomic mass is 35.5. The average Bonchev–Trinajstić information content (AvgIpc) is 3.20. The topological polar surface area (TPSA) is 70.7 Å².